The molecule has 1 N–H and O–H groups in total. The van der Waals surface area contributed by atoms with E-state index in [0.717, 1.165) is 5.69 Å². The van der Waals surface area contributed by atoms with Crippen LogP contribution < -0.4 is 4.90 Å². The first-order valence-electron chi connectivity index (χ1n) is 12.5. The maximum Gasteiger partial charge on any atom is 0.310 e. The van der Waals surface area contributed by atoms with Crippen molar-refractivity contribution in [2.24, 2.45) is 5.92 Å². The molecule has 0 amide bonds. The predicted molar refractivity (Wildman–Crippen MR) is 152 cm³/mol. The molecule has 0 aliphatic carbocycles. The van der Waals surface area contributed by atoms with Crippen LogP contribution in [0, 0.1) is 23.1 Å². The van der Waals surface area contributed by atoms with Gasteiger partial charge in [-0.3, -0.25) is 4.79 Å². The Kier molecular flexibility index (Phi) is 6.99. The van der Waals surface area contributed by atoms with Gasteiger partial charge in [-0.2, -0.15) is 9.23 Å². The molecule has 0 radical (unpaired) electrons. The molecule has 1 saturated heterocycles. The molecular weight excluding hydrogens is 571 g/mol. The fourth-order valence-electron chi connectivity index (χ4n) is 5.06. The molecule has 1 fully saturated rings. The Morgan fingerprint density at radius 1 is 1.10 bits per heavy atom. The largest absolute Gasteiger partial charge is 0.587 e. The minimum Gasteiger partial charge on any atom is -0.587 e. The number of thiophene rings is 1. The fourth-order valence-corrected chi connectivity index (χ4v) is 7.04. The molecule has 1 atom stereocenters. The predicted octanol–water partition coefficient (Wildman–Crippen LogP) is 7.08. The third-order valence-electron chi connectivity index (χ3n) is 7.14. The van der Waals surface area contributed by atoms with Crippen molar-refractivity contribution in [3.8, 4) is 28.5 Å². The Morgan fingerprint density at radius 3 is 2.54 bits per heavy atom. The number of carboxylic acid groups (broad SMARTS) is 1. The van der Waals surface area contributed by atoms with Crippen molar-refractivity contribution < 1.29 is 27.6 Å². The molecule has 6 nitrogen and oxygen atoms in total. The number of fused-ring (bicyclic) bond motifs is 1. The van der Waals surface area contributed by atoms with Gasteiger partial charge in [0.15, 0.2) is 4.90 Å². The molecule has 6 rings (SSSR count). The summed E-state index contributed by atoms with van der Waals surface area (Å²) >= 11 is -0.721. The number of aliphatic carboxylic acids is 1. The molecular formula is C30H20F3N3O3S2. The average molecular weight is 592 g/mol. The van der Waals surface area contributed by atoms with Crippen LogP contribution in [0.1, 0.15) is 16.9 Å². The first-order valence-corrected chi connectivity index (χ1v) is 14.5. The second-order valence-electron chi connectivity index (χ2n) is 9.56. The van der Waals surface area contributed by atoms with E-state index in [1.807, 2.05) is 17.0 Å². The molecule has 0 spiro atoms. The molecule has 0 bridgehead atoms. The fraction of sp³-hybridized carbons (Fsp3) is 0.133. The third kappa shape index (κ3) is 4.74. The zero-order valence-electron chi connectivity index (χ0n) is 21.1. The van der Waals surface area contributed by atoms with Crippen LogP contribution in [0.5, 0.6) is 0 Å². The highest BCUT2D eigenvalue weighted by atomic mass is 32.2. The van der Waals surface area contributed by atoms with Crippen LogP contribution in [-0.2, 0) is 16.2 Å². The third-order valence-corrected chi connectivity index (χ3v) is 9.34. The number of nitrogens with zero attached hydrogens (tertiary/aromatic N) is 3. The summed E-state index contributed by atoms with van der Waals surface area (Å²) in [6.07, 6.45) is -2.68. The number of rotatable bonds is 7. The monoisotopic (exact) mass is 591 g/mol. The molecule has 2 aromatic heterocycles. The van der Waals surface area contributed by atoms with Crippen LogP contribution in [0.2, 0.25) is 0 Å². The van der Waals surface area contributed by atoms with E-state index in [1.165, 1.54) is 57.8 Å². The quantitative estimate of drug-likeness (QED) is 0.204. The van der Waals surface area contributed by atoms with Crippen LogP contribution in [0.15, 0.2) is 83.1 Å². The van der Waals surface area contributed by atoms with Gasteiger partial charge in [-0.25, -0.2) is 13.2 Å². The van der Waals surface area contributed by atoms with Gasteiger partial charge in [0, 0.05) is 46.4 Å². The minimum absolute atomic E-state index is 0.204. The second kappa shape index (κ2) is 10.6. The van der Waals surface area contributed by atoms with E-state index in [9.17, 15) is 32.9 Å². The standard InChI is InChI=1S/C30H20F3N3O3S2/c31-20-6-9-25-24(13-20)27(23-10-11-40-26(23)14-34)28(36(25)41(39)22-7-4-17(5-8-22)29(32)33)18-2-1-3-21(12-18)35-15-19(16-35)30(37)38/h1-13,19,29H,15-16H2,(H,37,38). The van der Waals surface area contributed by atoms with Gasteiger partial charge >= 0.3 is 5.97 Å². The smallest absolute Gasteiger partial charge is 0.310 e. The van der Waals surface area contributed by atoms with Gasteiger partial charge in [0.1, 0.15) is 33.8 Å². The molecule has 1 unspecified atom stereocenters. The number of benzene rings is 3. The lowest BCUT2D eigenvalue weighted by Crippen LogP contribution is -2.50. The van der Waals surface area contributed by atoms with E-state index in [2.05, 4.69) is 6.07 Å². The van der Waals surface area contributed by atoms with Crippen molar-refractivity contribution in [2.45, 2.75) is 11.3 Å². The molecule has 1 aliphatic rings. The first-order chi connectivity index (χ1) is 19.8. The number of aromatic nitrogens is 1. The van der Waals surface area contributed by atoms with E-state index in [0.29, 0.717) is 51.3 Å². The highest BCUT2D eigenvalue weighted by Gasteiger charge is 2.34. The van der Waals surface area contributed by atoms with Crippen molar-refractivity contribution in [3.63, 3.8) is 0 Å². The SMILES string of the molecule is N#Cc1sccc1-c1c(-c2cccc(N3CC(C(=O)O)C3)c2)n([S+]([O-])c2ccc(C(F)F)cc2)c2ccc(F)cc12. The van der Waals surface area contributed by atoms with Gasteiger partial charge in [-0.1, -0.05) is 12.1 Å². The zero-order valence-corrected chi connectivity index (χ0v) is 22.8. The Bertz CT molecular complexity index is 1820. The van der Waals surface area contributed by atoms with Gasteiger partial charge in [0.25, 0.3) is 6.43 Å². The second-order valence-corrected chi connectivity index (χ2v) is 11.8. The Morgan fingerprint density at radius 2 is 1.85 bits per heavy atom. The highest BCUT2D eigenvalue weighted by molar-refractivity contribution is 7.90. The lowest BCUT2D eigenvalue weighted by molar-refractivity contribution is -0.142. The summed E-state index contributed by atoms with van der Waals surface area (Å²) in [5.74, 6) is -1.86. The average Bonchev–Trinajstić information content (AvgIpc) is 3.53. The van der Waals surface area contributed by atoms with Gasteiger partial charge in [0.05, 0.1) is 11.4 Å². The number of alkyl halides is 2. The van der Waals surface area contributed by atoms with Crippen LogP contribution in [-0.4, -0.2) is 32.7 Å². The Labute approximate surface area is 239 Å². The summed E-state index contributed by atoms with van der Waals surface area (Å²) in [6, 6.07) is 20.5. The molecule has 5 aromatic rings. The summed E-state index contributed by atoms with van der Waals surface area (Å²) in [4.78, 5) is 13.9. The van der Waals surface area contributed by atoms with Gasteiger partial charge in [-0.05, 0) is 66.0 Å². The number of carbonyl (C=O) groups is 1. The summed E-state index contributed by atoms with van der Waals surface area (Å²) in [5, 5.41) is 21.4. The zero-order chi connectivity index (χ0) is 28.8. The number of hydrogen-bond acceptors (Lipinski definition) is 5. The van der Waals surface area contributed by atoms with E-state index in [4.69, 9.17) is 0 Å². The first kappa shape index (κ1) is 27.0. The van der Waals surface area contributed by atoms with E-state index in [1.54, 1.807) is 23.6 Å². The minimum atomic E-state index is -2.68. The lowest BCUT2D eigenvalue weighted by atomic mass is 9.96. The Balaban J connectivity index is 1.60. The molecule has 0 saturated carbocycles. The van der Waals surface area contributed by atoms with Crippen molar-refractivity contribution in [1.82, 2.24) is 3.97 Å². The van der Waals surface area contributed by atoms with Crippen LogP contribution in [0.3, 0.4) is 0 Å². The molecule has 11 heteroatoms. The van der Waals surface area contributed by atoms with Crippen molar-refractivity contribution in [3.05, 3.63) is 94.4 Å². The normalized spacial score (nSPS) is 14.3. The van der Waals surface area contributed by atoms with Gasteiger partial charge < -0.3 is 14.6 Å². The number of anilines is 1. The topological polar surface area (TPSA) is 92.3 Å². The number of hydrogen-bond donors (Lipinski definition) is 1. The molecule has 3 aromatic carbocycles. The van der Waals surface area contributed by atoms with Gasteiger partial charge in [-0.15, -0.1) is 11.3 Å². The number of nitriles is 1. The molecule has 41 heavy (non-hydrogen) atoms. The number of halogens is 3. The molecule has 3 heterocycles. The molecule has 1 aliphatic heterocycles. The summed E-state index contributed by atoms with van der Waals surface area (Å²) in [6.45, 7) is 0.677. The Hall–Kier alpha value is -4.24. The van der Waals surface area contributed by atoms with E-state index in [-0.39, 0.29) is 10.5 Å². The maximum absolute atomic E-state index is 14.7. The highest BCUT2D eigenvalue weighted by Crippen LogP contribution is 2.46. The van der Waals surface area contributed by atoms with E-state index >= 15 is 0 Å². The van der Waals surface area contributed by atoms with Crippen molar-refractivity contribution in [1.29, 1.82) is 5.26 Å². The summed E-state index contributed by atoms with van der Waals surface area (Å²) < 4.78 is 56.9. The maximum atomic E-state index is 14.7. The van der Waals surface area contributed by atoms with Crippen molar-refractivity contribution in [2.75, 3.05) is 18.0 Å². The van der Waals surface area contributed by atoms with E-state index < -0.39 is 35.5 Å². The molecule has 206 valence electrons. The van der Waals surface area contributed by atoms with Gasteiger partial charge in [0.2, 0.25) is 0 Å². The number of carboxylic acids is 1. The lowest BCUT2D eigenvalue weighted by Gasteiger charge is -2.38. The van der Waals surface area contributed by atoms with Crippen molar-refractivity contribution >= 4 is 45.3 Å². The van der Waals surface area contributed by atoms with Crippen LogP contribution >= 0.6 is 11.3 Å². The van der Waals surface area contributed by atoms with Crippen LogP contribution in [0.4, 0.5) is 18.9 Å². The van der Waals surface area contributed by atoms with Crippen LogP contribution in [0.25, 0.3) is 33.3 Å². The summed E-state index contributed by atoms with van der Waals surface area (Å²) in [5.41, 5.74) is 3.11. The summed E-state index contributed by atoms with van der Waals surface area (Å²) in [7, 11) is 0.